The molecule has 1 aliphatic carbocycles. The highest BCUT2D eigenvalue weighted by Crippen LogP contribution is 2.27. The van der Waals surface area contributed by atoms with E-state index in [-0.39, 0.29) is 0 Å². The van der Waals surface area contributed by atoms with E-state index in [9.17, 15) is 0 Å². The predicted molar refractivity (Wildman–Crippen MR) is 105 cm³/mol. The van der Waals surface area contributed by atoms with E-state index in [0.29, 0.717) is 13.2 Å². The summed E-state index contributed by atoms with van der Waals surface area (Å²) in [6, 6.07) is 8.21. The molecule has 1 aliphatic rings. The SMILES string of the molecule is CCNC(=NCc1ccccc1OCCN(CC)CC)NCC1CC1. The van der Waals surface area contributed by atoms with Gasteiger partial charge >= 0.3 is 0 Å². The number of benzene rings is 1. The van der Waals surface area contributed by atoms with Gasteiger partial charge in [-0.25, -0.2) is 4.99 Å². The highest BCUT2D eigenvalue weighted by atomic mass is 16.5. The van der Waals surface area contributed by atoms with Crippen LogP contribution in [0.1, 0.15) is 39.2 Å². The van der Waals surface area contributed by atoms with E-state index >= 15 is 0 Å². The minimum atomic E-state index is 0.626. The first kappa shape index (κ1) is 19.6. The highest BCUT2D eigenvalue weighted by molar-refractivity contribution is 5.79. The molecule has 0 heterocycles. The van der Waals surface area contributed by atoms with Crippen LogP contribution in [0.15, 0.2) is 29.3 Å². The van der Waals surface area contributed by atoms with Gasteiger partial charge in [-0.05, 0) is 44.8 Å². The third kappa shape index (κ3) is 7.34. The molecule has 0 radical (unpaired) electrons. The monoisotopic (exact) mass is 346 g/mol. The summed E-state index contributed by atoms with van der Waals surface area (Å²) < 4.78 is 6.02. The molecule has 2 rings (SSSR count). The van der Waals surface area contributed by atoms with Crippen LogP contribution in [0.4, 0.5) is 0 Å². The largest absolute Gasteiger partial charge is 0.492 e. The molecule has 0 atom stereocenters. The van der Waals surface area contributed by atoms with Crippen molar-refractivity contribution in [3.05, 3.63) is 29.8 Å². The van der Waals surface area contributed by atoms with Gasteiger partial charge in [0.15, 0.2) is 5.96 Å². The second-order valence-corrected chi connectivity index (χ2v) is 6.50. The summed E-state index contributed by atoms with van der Waals surface area (Å²) in [6.45, 7) is 12.8. The zero-order chi connectivity index (χ0) is 17.9. The minimum Gasteiger partial charge on any atom is -0.492 e. The van der Waals surface area contributed by atoms with Crippen LogP contribution in [0.3, 0.4) is 0 Å². The topological polar surface area (TPSA) is 48.9 Å². The zero-order valence-electron chi connectivity index (χ0n) is 16.1. The smallest absolute Gasteiger partial charge is 0.191 e. The number of para-hydroxylation sites is 1. The van der Waals surface area contributed by atoms with Crippen LogP contribution < -0.4 is 15.4 Å². The van der Waals surface area contributed by atoms with E-state index in [1.807, 2.05) is 18.2 Å². The van der Waals surface area contributed by atoms with Crippen LogP contribution in [0.2, 0.25) is 0 Å². The van der Waals surface area contributed by atoms with E-state index in [4.69, 9.17) is 9.73 Å². The van der Waals surface area contributed by atoms with Crippen LogP contribution in [0, 0.1) is 5.92 Å². The van der Waals surface area contributed by atoms with E-state index in [1.54, 1.807) is 0 Å². The van der Waals surface area contributed by atoms with Gasteiger partial charge in [-0.3, -0.25) is 0 Å². The Labute approximate surface area is 152 Å². The summed E-state index contributed by atoms with van der Waals surface area (Å²) in [7, 11) is 0. The first-order valence-electron chi connectivity index (χ1n) is 9.72. The van der Waals surface area contributed by atoms with Crippen molar-refractivity contribution in [3.8, 4) is 5.75 Å². The van der Waals surface area contributed by atoms with Crippen molar-refractivity contribution < 1.29 is 4.74 Å². The highest BCUT2D eigenvalue weighted by Gasteiger charge is 2.21. The summed E-state index contributed by atoms with van der Waals surface area (Å²) >= 11 is 0. The normalized spacial score (nSPS) is 14.6. The van der Waals surface area contributed by atoms with Gasteiger partial charge in [0.2, 0.25) is 0 Å². The van der Waals surface area contributed by atoms with Crippen molar-refractivity contribution in [1.82, 2.24) is 15.5 Å². The molecular weight excluding hydrogens is 312 g/mol. The van der Waals surface area contributed by atoms with E-state index in [0.717, 1.165) is 55.9 Å². The van der Waals surface area contributed by atoms with Crippen molar-refractivity contribution >= 4 is 5.96 Å². The number of likely N-dealkylation sites (N-methyl/N-ethyl adjacent to an activating group) is 1. The number of guanidine groups is 1. The summed E-state index contributed by atoms with van der Waals surface area (Å²) in [5, 5.41) is 6.76. The lowest BCUT2D eigenvalue weighted by atomic mass is 10.2. The van der Waals surface area contributed by atoms with Crippen LogP contribution in [-0.4, -0.2) is 50.2 Å². The Balaban J connectivity index is 1.89. The average molecular weight is 347 g/mol. The van der Waals surface area contributed by atoms with Gasteiger partial charge in [0.1, 0.15) is 12.4 Å². The number of nitrogens with one attached hydrogen (secondary N) is 2. The fourth-order valence-corrected chi connectivity index (χ4v) is 2.67. The van der Waals surface area contributed by atoms with Gasteiger partial charge < -0.3 is 20.3 Å². The molecule has 5 nitrogen and oxygen atoms in total. The molecule has 1 saturated carbocycles. The maximum atomic E-state index is 6.02. The zero-order valence-corrected chi connectivity index (χ0v) is 16.1. The summed E-state index contributed by atoms with van der Waals surface area (Å²) in [6.07, 6.45) is 2.69. The van der Waals surface area contributed by atoms with Gasteiger partial charge in [0.05, 0.1) is 6.54 Å². The first-order valence-corrected chi connectivity index (χ1v) is 9.72. The summed E-state index contributed by atoms with van der Waals surface area (Å²) in [5.41, 5.74) is 1.13. The summed E-state index contributed by atoms with van der Waals surface area (Å²) in [4.78, 5) is 7.09. The molecule has 2 N–H and O–H groups in total. The van der Waals surface area contributed by atoms with Crippen molar-refractivity contribution in [2.45, 2.75) is 40.2 Å². The molecule has 1 aromatic carbocycles. The molecule has 0 bridgehead atoms. The molecule has 0 spiro atoms. The quantitative estimate of drug-likeness (QED) is 0.478. The minimum absolute atomic E-state index is 0.626. The van der Waals surface area contributed by atoms with Gasteiger partial charge in [0, 0.05) is 25.2 Å². The molecule has 1 aromatic rings. The Bertz CT molecular complexity index is 524. The van der Waals surface area contributed by atoms with Crippen molar-refractivity contribution in [1.29, 1.82) is 0 Å². The molecule has 0 saturated heterocycles. The molecule has 0 amide bonds. The molecule has 25 heavy (non-hydrogen) atoms. The van der Waals surface area contributed by atoms with Crippen molar-refractivity contribution in [2.24, 2.45) is 10.9 Å². The van der Waals surface area contributed by atoms with Crippen LogP contribution in [-0.2, 0) is 6.54 Å². The lowest BCUT2D eigenvalue weighted by molar-refractivity contribution is 0.221. The van der Waals surface area contributed by atoms with Gasteiger partial charge in [-0.15, -0.1) is 0 Å². The molecule has 140 valence electrons. The van der Waals surface area contributed by atoms with E-state index < -0.39 is 0 Å². The fraction of sp³-hybridized carbons (Fsp3) is 0.650. The first-order chi connectivity index (χ1) is 12.3. The number of hydrogen-bond acceptors (Lipinski definition) is 3. The Morgan fingerprint density at radius 1 is 1.16 bits per heavy atom. The maximum Gasteiger partial charge on any atom is 0.191 e. The predicted octanol–water partition coefficient (Wildman–Crippen LogP) is 2.87. The van der Waals surface area contributed by atoms with Crippen LogP contribution in [0.5, 0.6) is 5.75 Å². The molecular formula is C20H34N4O. The Morgan fingerprint density at radius 3 is 2.60 bits per heavy atom. The average Bonchev–Trinajstić information content (AvgIpc) is 3.46. The molecule has 1 fully saturated rings. The number of nitrogens with zero attached hydrogens (tertiary/aromatic N) is 2. The third-order valence-corrected chi connectivity index (χ3v) is 4.54. The number of hydrogen-bond donors (Lipinski definition) is 2. The van der Waals surface area contributed by atoms with Crippen LogP contribution in [0.25, 0.3) is 0 Å². The van der Waals surface area contributed by atoms with E-state index in [1.165, 1.54) is 12.8 Å². The Hall–Kier alpha value is -1.75. The van der Waals surface area contributed by atoms with Gasteiger partial charge in [-0.1, -0.05) is 32.0 Å². The van der Waals surface area contributed by atoms with Gasteiger partial charge in [-0.2, -0.15) is 0 Å². The standard InChI is InChI=1S/C20H34N4O/c1-4-21-20(22-15-17-11-12-17)23-16-18-9-7-8-10-19(18)25-14-13-24(5-2)6-3/h7-10,17H,4-6,11-16H2,1-3H3,(H2,21,22,23). The van der Waals surface area contributed by atoms with Crippen LogP contribution >= 0.6 is 0 Å². The van der Waals surface area contributed by atoms with Crippen molar-refractivity contribution in [3.63, 3.8) is 0 Å². The fourth-order valence-electron chi connectivity index (χ4n) is 2.67. The molecule has 5 heteroatoms. The van der Waals surface area contributed by atoms with E-state index in [2.05, 4.69) is 42.4 Å². The third-order valence-electron chi connectivity index (χ3n) is 4.54. The summed E-state index contributed by atoms with van der Waals surface area (Å²) in [5.74, 6) is 2.67. The lowest BCUT2D eigenvalue weighted by Crippen LogP contribution is -2.38. The second-order valence-electron chi connectivity index (χ2n) is 6.50. The maximum absolute atomic E-state index is 6.02. The second kappa shape index (κ2) is 11.0. The van der Waals surface area contributed by atoms with Gasteiger partial charge in [0.25, 0.3) is 0 Å². The number of aliphatic imine (C=N–C) groups is 1. The Kier molecular flexibility index (Phi) is 8.60. The molecule has 0 aliphatic heterocycles. The Morgan fingerprint density at radius 2 is 1.92 bits per heavy atom. The van der Waals surface area contributed by atoms with Crippen molar-refractivity contribution in [2.75, 3.05) is 39.3 Å². The lowest BCUT2D eigenvalue weighted by Gasteiger charge is -2.18. The number of ether oxygens (including phenoxy) is 1. The number of rotatable bonds is 11. The molecule has 0 aromatic heterocycles. The molecule has 0 unspecified atom stereocenters.